The lowest BCUT2D eigenvalue weighted by molar-refractivity contribution is 0.0616. The molecule has 0 spiro atoms. The molecule has 0 atom stereocenters. The van der Waals surface area contributed by atoms with Gasteiger partial charge in [0.05, 0.1) is 17.6 Å². The zero-order valence-electron chi connectivity index (χ0n) is 20.2. The second-order valence-electron chi connectivity index (χ2n) is 10.5. The number of likely N-dealkylation sites (tertiary alicyclic amines) is 1. The fraction of sp³-hybridized carbons (Fsp3) is 0.571. The Kier molecular flexibility index (Phi) is 6.16. The second-order valence-corrected chi connectivity index (χ2v) is 10.5. The smallest absolute Gasteiger partial charge is 0.253 e. The number of nitrogens with one attached hydrogen (secondary N) is 2. The van der Waals surface area contributed by atoms with Gasteiger partial charge in [0, 0.05) is 35.6 Å². The van der Waals surface area contributed by atoms with Gasteiger partial charge in [-0.2, -0.15) is 5.10 Å². The monoisotopic (exact) mass is 459 g/mol. The van der Waals surface area contributed by atoms with Crippen molar-refractivity contribution in [3.8, 4) is 11.4 Å². The third-order valence-electron chi connectivity index (χ3n) is 8.40. The number of hydrogen-bond donors (Lipinski definition) is 2. The molecule has 180 valence electrons. The van der Waals surface area contributed by atoms with Crippen molar-refractivity contribution in [2.24, 2.45) is 0 Å². The van der Waals surface area contributed by atoms with E-state index in [-0.39, 0.29) is 5.91 Å². The summed E-state index contributed by atoms with van der Waals surface area (Å²) in [5, 5.41) is 8.64. The molecule has 0 bridgehead atoms. The molecule has 6 nitrogen and oxygen atoms in total. The lowest BCUT2D eigenvalue weighted by Gasteiger charge is -2.38. The summed E-state index contributed by atoms with van der Waals surface area (Å²) in [6.07, 6.45) is 15.6. The number of amides is 1. The topological polar surface area (TPSA) is 68.0 Å². The van der Waals surface area contributed by atoms with Crippen molar-refractivity contribution in [2.75, 3.05) is 26.2 Å². The summed E-state index contributed by atoms with van der Waals surface area (Å²) >= 11 is 0. The Labute approximate surface area is 202 Å². The number of aromatic amines is 2. The zero-order valence-corrected chi connectivity index (χ0v) is 20.2. The molecule has 0 radical (unpaired) electrons. The van der Waals surface area contributed by atoms with E-state index in [1.807, 2.05) is 12.3 Å². The van der Waals surface area contributed by atoms with Crippen LogP contribution in [0.25, 0.3) is 22.3 Å². The van der Waals surface area contributed by atoms with E-state index in [0.717, 1.165) is 67.7 Å². The highest BCUT2D eigenvalue weighted by Gasteiger charge is 2.28. The Hall–Kier alpha value is -2.60. The molecule has 1 amide bonds. The number of carbonyl (C=O) groups excluding carboxylic acids is 1. The van der Waals surface area contributed by atoms with E-state index in [0.29, 0.717) is 6.04 Å². The third-order valence-corrected chi connectivity index (χ3v) is 8.40. The normalized spacial score (nSPS) is 20.8. The number of carbonyl (C=O) groups is 1. The first-order valence-electron chi connectivity index (χ1n) is 13.5. The highest BCUT2D eigenvalue weighted by Crippen LogP contribution is 2.36. The largest absolute Gasteiger partial charge is 0.353 e. The fourth-order valence-electron chi connectivity index (χ4n) is 6.46. The van der Waals surface area contributed by atoms with Crippen molar-refractivity contribution in [3.05, 3.63) is 41.1 Å². The first kappa shape index (κ1) is 21.9. The van der Waals surface area contributed by atoms with Gasteiger partial charge >= 0.3 is 0 Å². The molecule has 3 aromatic rings. The molecule has 0 saturated carbocycles. The third kappa shape index (κ3) is 4.17. The number of aromatic nitrogens is 3. The maximum absolute atomic E-state index is 13.5. The molecular formula is C28H37N5O. The van der Waals surface area contributed by atoms with Gasteiger partial charge in [-0.25, -0.2) is 0 Å². The number of aryl methyl sites for hydroxylation is 2. The summed E-state index contributed by atoms with van der Waals surface area (Å²) < 4.78 is 0. The van der Waals surface area contributed by atoms with Crippen LogP contribution in [-0.2, 0) is 12.8 Å². The van der Waals surface area contributed by atoms with Crippen LogP contribution in [0.3, 0.4) is 0 Å². The SMILES string of the molecule is O=C(c1ccc2[nH]c3c(c2c1)CCCc1cn[nH]c1-3)N1CCC(N2CCCCCCCC2)CC1. The van der Waals surface area contributed by atoms with Crippen LogP contribution in [-0.4, -0.2) is 63.1 Å². The number of benzene rings is 1. The van der Waals surface area contributed by atoms with Gasteiger partial charge in [-0.05, 0) is 87.4 Å². The predicted octanol–water partition coefficient (Wildman–Crippen LogP) is 5.31. The summed E-state index contributed by atoms with van der Waals surface area (Å²) in [5.41, 5.74) is 6.79. The van der Waals surface area contributed by atoms with Crippen LogP contribution < -0.4 is 0 Å². The number of H-pyrrole nitrogens is 2. The van der Waals surface area contributed by atoms with Gasteiger partial charge in [-0.3, -0.25) is 9.89 Å². The van der Waals surface area contributed by atoms with E-state index in [9.17, 15) is 4.79 Å². The number of nitrogens with zero attached hydrogens (tertiary/aromatic N) is 3. The highest BCUT2D eigenvalue weighted by atomic mass is 16.2. The van der Waals surface area contributed by atoms with Gasteiger partial charge in [-0.15, -0.1) is 0 Å². The molecule has 2 N–H and O–H groups in total. The van der Waals surface area contributed by atoms with Gasteiger partial charge < -0.3 is 14.8 Å². The molecule has 2 aliphatic heterocycles. The Bertz CT molecular complexity index is 1140. The molecule has 1 aliphatic carbocycles. The van der Waals surface area contributed by atoms with Crippen molar-refractivity contribution in [2.45, 2.75) is 76.7 Å². The second kappa shape index (κ2) is 9.57. The van der Waals surface area contributed by atoms with Crippen LogP contribution in [0.4, 0.5) is 0 Å². The fourth-order valence-corrected chi connectivity index (χ4v) is 6.46. The number of hydrogen-bond acceptors (Lipinski definition) is 3. The van der Waals surface area contributed by atoms with Gasteiger partial charge in [0.15, 0.2) is 0 Å². The van der Waals surface area contributed by atoms with Gasteiger partial charge in [0.2, 0.25) is 0 Å². The summed E-state index contributed by atoms with van der Waals surface area (Å²) in [4.78, 5) is 21.9. The minimum atomic E-state index is 0.190. The average Bonchev–Trinajstić information content (AvgIpc) is 3.47. The van der Waals surface area contributed by atoms with E-state index in [4.69, 9.17) is 0 Å². The maximum Gasteiger partial charge on any atom is 0.253 e. The Morgan fingerprint density at radius 3 is 2.44 bits per heavy atom. The standard InChI is InChI=1S/C28H37N5O/c34-28(33-16-12-22(13-17-33)32-14-5-3-1-2-4-6-15-32)20-10-11-25-24(18-20)23-9-7-8-21-19-29-31-26(21)27(23)30-25/h10-11,18-19,22,30H,1-9,12-17H2,(H,29,31). The lowest BCUT2D eigenvalue weighted by Crippen LogP contribution is -2.47. The molecule has 4 heterocycles. The van der Waals surface area contributed by atoms with E-state index >= 15 is 0 Å². The molecule has 6 rings (SSSR count). The molecular weight excluding hydrogens is 422 g/mol. The Morgan fingerprint density at radius 1 is 0.882 bits per heavy atom. The summed E-state index contributed by atoms with van der Waals surface area (Å²) in [6.45, 7) is 4.24. The maximum atomic E-state index is 13.5. The lowest BCUT2D eigenvalue weighted by atomic mass is 10.00. The average molecular weight is 460 g/mol. The van der Waals surface area contributed by atoms with Crippen LogP contribution in [0, 0.1) is 0 Å². The molecule has 1 aromatic carbocycles. The van der Waals surface area contributed by atoms with E-state index in [1.165, 1.54) is 68.1 Å². The van der Waals surface area contributed by atoms with Crippen molar-refractivity contribution in [1.82, 2.24) is 25.0 Å². The van der Waals surface area contributed by atoms with Crippen molar-refractivity contribution in [1.29, 1.82) is 0 Å². The molecule has 2 fully saturated rings. The van der Waals surface area contributed by atoms with Crippen LogP contribution in [0.5, 0.6) is 0 Å². The van der Waals surface area contributed by atoms with Gasteiger partial charge in [0.25, 0.3) is 5.91 Å². The Balaban J connectivity index is 1.17. The van der Waals surface area contributed by atoms with Crippen molar-refractivity contribution in [3.63, 3.8) is 0 Å². The molecule has 34 heavy (non-hydrogen) atoms. The number of piperidine rings is 1. The van der Waals surface area contributed by atoms with Gasteiger partial charge in [0.1, 0.15) is 0 Å². The van der Waals surface area contributed by atoms with Crippen LogP contribution >= 0.6 is 0 Å². The minimum absolute atomic E-state index is 0.190. The first-order valence-corrected chi connectivity index (χ1v) is 13.5. The minimum Gasteiger partial charge on any atom is -0.353 e. The van der Waals surface area contributed by atoms with E-state index in [2.05, 4.69) is 37.1 Å². The summed E-state index contributed by atoms with van der Waals surface area (Å²) in [5.74, 6) is 0.190. The molecule has 2 saturated heterocycles. The summed E-state index contributed by atoms with van der Waals surface area (Å²) in [6, 6.07) is 6.86. The first-order chi connectivity index (χ1) is 16.8. The molecule has 2 aromatic heterocycles. The van der Waals surface area contributed by atoms with Crippen LogP contribution in [0.1, 0.15) is 79.3 Å². The molecule has 3 aliphatic rings. The predicted molar refractivity (Wildman–Crippen MR) is 136 cm³/mol. The van der Waals surface area contributed by atoms with Crippen molar-refractivity contribution >= 4 is 16.8 Å². The van der Waals surface area contributed by atoms with Crippen LogP contribution in [0.2, 0.25) is 0 Å². The highest BCUT2D eigenvalue weighted by molar-refractivity contribution is 6.00. The Morgan fingerprint density at radius 2 is 1.65 bits per heavy atom. The molecule has 6 heteroatoms. The van der Waals surface area contributed by atoms with Crippen molar-refractivity contribution < 1.29 is 4.79 Å². The van der Waals surface area contributed by atoms with Gasteiger partial charge in [-0.1, -0.05) is 25.7 Å². The number of fused-ring (bicyclic) bond motifs is 5. The number of rotatable bonds is 2. The molecule has 0 unspecified atom stereocenters. The quantitative estimate of drug-likeness (QED) is 0.546. The zero-order chi connectivity index (χ0) is 22.9. The summed E-state index contributed by atoms with van der Waals surface area (Å²) in [7, 11) is 0. The van der Waals surface area contributed by atoms with E-state index in [1.54, 1.807) is 0 Å². The van der Waals surface area contributed by atoms with E-state index < -0.39 is 0 Å². The van der Waals surface area contributed by atoms with Crippen LogP contribution in [0.15, 0.2) is 24.4 Å².